The molecule has 1 unspecified atom stereocenters. The van der Waals surface area contributed by atoms with Crippen molar-refractivity contribution >= 4 is 6.03 Å². The number of amides is 2. The van der Waals surface area contributed by atoms with Crippen LogP contribution in [0.5, 0.6) is 5.75 Å². The third-order valence-electron chi connectivity index (χ3n) is 6.57. The van der Waals surface area contributed by atoms with E-state index in [1.807, 2.05) is 36.9 Å². The lowest BCUT2D eigenvalue weighted by Gasteiger charge is -2.29. The molecule has 2 heterocycles. The van der Waals surface area contributed by atoms with Crippen LogP contribution in [0.1, 0.15) is 62.3 Å². The zero-order chi connectivity index (χ0) is 24.4. The van der Waals surface area contributed by atoms with Gasteiger partial charge in [0, 0.05) is 24.2 Å². The van der Waals surface area contributed by atoms with E-state index in [2.05, 4.69) is 27.6 Å². The van der Waals surface area contributed by atoms with Crippen molar-refractivity contribution in [3.8, 4) is 34.7 Å². The molecule has 2 amide bonds. The number of benzene rings is 2. The molecule has 0 spiro atoms. The summed E-state index contributed by atoms with van der Waals surface area (Å²) in [4.78, 5) is 19.3. The molecule has 180 valence electrons. The van der Waals surface area contributed by atoms with Gasteiger partial charge in [-0.15, -0.1) is 0 Å². The zero-order valence-electron chi connectivity index (χ0n) is 20.1. The van der Waals surface area contributed by atoms with Gasteiger partial charge in [-0.2, -0.15) is 10.2 Å². The Morgan fingerprint density at radius 3 is 2.83 bits per heavy atom. The molecule has 8 nitrogen and oxygen atoms in total. The Hall–Kier alpha value is -3.86. The normalized spacial score (nSPS) is 17.2. The van der Waals surface area contributed by atoms with Crippen molar-refractivity contribution in [3.63, 3.8) is 0 Å². The van der Waals surface area contributed by atoms with Crippen LogP contribution in [0.15, 0.2) is 40.9 Å². The number of ether oxygens (including phenoxy) is 1. The van der Waals surface area contributed by atoms with E-state index in [9.17, 15) is 10.1 Å². The molecule has 2 aliphatic rings. The molecule has 1 saturated heterocycles. The summed E-state index contributed by atoms with van der Waals surface area (Å²) in [6.07, 6.45) is 4.89. The first-order valence-corrected chi connectivity index (χ1v) is 12.3. The largest absolute Gasteiger partial charge is 0.490 e. The van der Waals surface area contributed by atoms with E-state index in [1.165, 1.54) is 0 Å². The van der Waals surface area contributed by atoms with Gasteiger partial charge in [-0.05, 0) is 75.3 Å². The van der Waals surface area contributed by atoms with E-state index in [1.54, 1.807) is 12.1 Å². The van der Waals surface area contributed by atoms with E-state index in [-0.39, 0.29) is 18.2 Å². The first kappa shape index (κ1) is 22.9. The fourth-order valence-corrected chi connectivity index (χ4v) is 4.93. The van der Waals surface area contributed by atoms with Crippen LogP contribution in [-0.4, -0.2) is 40.3 Å². The van der Waals surface area contributed by atoms with Crippen LogP contribution in [0, 0.1) is 11.3 Å². The van der Waals surface area contributed by atoms with Gasteiger partial charge >= 0.3 is 6.03 Å². The Morgan fingerprint density at radius 2 is 2.06 bits per heavy atom. The number of carbonyl (C=O) groups is 1. The van der Waals surface area contributed by atoms with Gasteiger partial charge in [0.1, 0.15) is 11.8 Å². The van der Waals surface area contributed by atoms with Crippen molar-refractivity contribution in [3.05, 3.63) is 53.1 Å². The number of hydrogen-bond donors (Lipinski definition) is 1. The summed E-state index contributed by atoms with van der Waals surface area (Å²) in [7, 11) is 0. The average Bonchev–Trinajstić information content (AvgIpc) is 3.57. The Bertz CT molecular complexity index is 1270. The number of fused-ring (bicyclic) bond motifs is 1. The number of urea groups is 1. The number of rotatable bonds is 5. The number of nitrogens with one attached hydrogen (secondary N) is 1. The second kappa shape index (κ2) is 9.79. The number of nitrogens with zero attached hydrogens (tertiary/aromatic N) is 4. The fraction of sp³-hybridized carbons (Fsp3) is 0.407. The van der Waals surface area contributed by atoms with Crippen molar-refractivity contribution in [1.29, 1.82) is 5.26 Å². The summed E-state index contributed by atoms with van der Waals surface area (Å²) in [5.74, 6) is 1.38. The van der Waals surface area contributed by atoms with Crippen LogP contribution in [0.4, 0.5) is 4.79 Å². The first-order valence-electron chi connectivity index (χ1n) is 12.3. The molecule has 1 aromatic heterocycles. The topological polar surface area (TPSA) is 104 Å². The Labute approximate surface area is 204 Å². The van der Waals surface area contributed by atoms with Crippen molar-refractivity contribution < 1.29 is 14.1 Å². The van der Waals surface area contributed by atoms with Gasteiger partial charge in [-0.25, -0.2) is 4.79 Å². The molecule has 1 aliphatic carbocycles. The number of nitriles is 1. The van der Waals surface area contributed by atoms with Crippen molar-refractivity contribution in [2.24, 2.45) is 0 Å². The van der Waals surface area contributed by atoms with E-state index >= 15 is 0 Å². The van der Waals surface area contributed by atoms with E-state index in [4.69, 9.17) is 9.26 Å². The Balaban J connectivity index is 1.41. The minimum Gasteiger partial charge on any atom is -0.490 e. The second-order valence-corrected chi connectivity index (χ2v) is 9.37. The molecule has 1 fully saturated rings. The monoisotopic (exact) mass is 471 g/mol. The molecule has 35 heavy (non-hydrogen) atoms. The summed E-state index contributed by atoms with van der Waals surface area (Å²) >= 11 is 0. The lowest BCUT2D eigenvalue weighted by molar-refractivity contribution is 0.203. The summed E-state index contributed by atoms with van der Waals surface area (Å²) in [6, 6.07) is 13.5. The molecule has 2 aromatic carbocycles. The van der Waals surface area contributed by atoms with Crippen LogP contribution in [-0.2, 0) is 6.42 Å². The molecule has 8 heteroatoms. The zero-order valence-corrected chi connectivity index (χ0v) is 20.1. The van der Waals surface area contributed by atoms with Crippen molar-refractivity contribution in [1.82, 2.24) is 20.4 Å². The quantitative estimate of drug-likeness (QED) is 0.545. The maximum absolute atomic E-state index is 12.7. The molecular weight excluding hydrogens is 442 g/mol. The van der Waals surface area contributed by atoms with Gasteiger partial charge in [-0.3, -0.25) is 0 Å². The number of hydrogen-bond acceptors (Lipinski definition) is 6. The summed E-state index contributed by atoms with van der Waals surface area (Å²) in [6.45, 7) is 5.49. The molecular formula is C27H29N5O3. The third kappa shape index (κ3) is 4.72. The molecule has 1 N–H and O–H groups in total. The predicted octanol–water partition coefficient (Wildman–Crippen LogP) is 5.25. The van der Waals surface area contributed by atoms with E-state index < -0.39 is 0 Å². The van der Waals surface area contributed by atoms with Crippen LogP contribution in [0.3, 0.4) is 0 Å². The van der Waals surface area contributed by atoms with Gasteiger partial charge < -0.3 is 19.5 Å². The maximum atomic E-state index is 12.7. The smallest absolute Gasteiger partial charge is 0.317 e. The molecule has 1 aliphatic heterocycles. The molecule has 3 aromatic rings. The van der Waals surface area contributed by atoms with E-state index in [0.717, 1.165) is 61.9 Å². The summed E-state index contributed by atoms with van der Waals surface area (Å²) in [5.41, 5.74) is 4.27. The van der Waals surface area contributed by atoms with Gasteiger partial charge in [0.2, 0.25) is 5.82 Å². The van der Waals surface area contributed by atoms with Gasteiger partial charge in [0.25, 0.3) is 5.89 Å². The lowest BCUT2D eigenvalue weighted by atomic mass is 9.84. The molecule has 1 atom stereocenters. The van der Waals surface area contributed by atoms with Crippen LogP contribution < -0.4 is 10.1 Å². The van der Waals surface area contributed by atoms with Crippen LogP contribution in [0.25, 0.3) is 22.8 Å². The predicted molar refractivity (Wildman–Crippen MR) is 131 cm³/mol. The van der Waals surface area contributed by atoms with Crippen molar-refractivity contribution in [2.45, 2.75) is 58.1 Å². The molecule has 0 saturated carbocycles. The van der Waals surface area contributed by atoms with Gasteiger partial charge in [0.15, 0.2) is 0 Å². The summed E-state index contributed by atoms with van der Waals surface area (Å²) < 4.78 is 11.3. The molecule has 0 bridgehead atoms. The maximum Gasteiger partial charge on any atom is 0.317 e. The Kier molecular flexibility index (Phi) is 6.41. The van der Waals surface area contributed by atoms with Gasteiger partial charge in [0.05, 0.1) is 17.7 Å². The fourth-order valence-electron chi connectivity index (χ4n) is 4.93. The first-order chi connectivity index (χ1) is 17.0. The third-order valence-corrected chi connectivity index (χ3v) is 6.57. The van der Waals surface area contributed by atoms with Crippen molar-refractivity contribution in [2.75, 3.05) is 13.1 Å². The lowest BCUT2D eigenvalue weighted by Crippen LogP contribution is -2.40. The highest BCUT2D eigenvalue weighted by molar-refractivity contribution is 5.75. The number of carbonyl (C=O) groups excluding carboxylic acids is 1. The van der Waals surface area contributed by atoms with Crippen LogP contribution >= 0.6 is 0 Å². The number of aromatic nitrogens is 2. The molecule has 0 radical (unpaired) electrons. The SMILES string of the molecule is CC(C)Oc1ccc(-c2nc(-c3cccc4c3CCCC4NC(=O)N3CCCC3)no2)cc1C#N. The second-order valence-electron chi connectivity index (χ2n) is 9.37. The average molecular weight is 472 g/mol. The molecule has 5 rings (SSSR count). The minimum absolute atomic E-state index is 0.0193. The Morgan fingerprint density at radius 1 is 1.23 bits per heavy atom. The highest BCUT2D eigenvalue weighted by atomic mass is 16.5. The summed E-state index contributed by atoms with van der Waals surface area (Å²) in [5, 5.41) is 17.0. The van der Waals surface area contributed by atoms with E-state index in [0.29, 0.717) is 28.6 Å². The van der Waals surface area contributed by atoms with Gasteiger partial charge in [-0.1, -0.05) is 23.4 Å². The highest BCUT2D eigenvalue weighted by Crippen LogP contribution is 2.36. The minimum atomic E-state index is -0.0313. The number of likely N-dealkylation sites (tertiary alicyclic amines) is 1. The standard InChI is InChI=1S/C27H29N5O3/c1-17(2)34-24-12-11-18(15-19(24)16-28)26-30-25(31-35-26)22-9-5-8-21-20(22)7-6-10-23(21)29-27(33)32-13-3-4-14-32/h5,8-9,11-12,15,17,23H,3-4,6-7,10,13-14H2,1-2H3,(H,29,33). The van der Waals surface area contributed by atoms with Crippen LogP contribution in [0.2, 0.25) is 0 Å². The highest BCUT2D eigenvalue weighted by Gasteiger charge is 2.28.